The summed E-state index contributed by atoms with van der Waals surface area (Å²) in [5.41, 5.74) is 0.469. The minimum Gasteiger partial charge on any atom is -0.341 e. The van der Waals surface area contributed by atoms with Crippen LogP contribution in [-0.2, 0) is 4.79 Å². The molecule has 2 saturated heterocycles. The summed E-state index contributed by atoms with van der Waals surface area (Å²) < 4.78 is 0. The highest BCUT2D eigenvalue weighted by Gasteiger charge is 2.46. The lowest BCUT2D eigenvalue weighted by atomic mass is 9.71. The van der Waals surface area contributed by atoms with Crippen molar-refractivity contribution in [2.24, 2.45) is 17.3 Å². The summed E-state index contributed by atoms with van der Waals surface area (Å²) in [5, 5.41) is 0. The molecule has 2 aliphatic heterocycles. The van der Waals surface area contributed by atoms with E-state index in [0.29, 0.717) is 17.2 Å². The minimum absolute atomic E-state index is 0.403. The van der Waals surface area contributed by atoms with E-state index in [-0.39, 0.29) is 0 Å². The van der Waals surface area contributed by atoms with Crippen molar-refractivity contribution in [2.45, 2.75) is 72.6 Å². The Labute approximate surface area is 143 Å². The van der Waals surface area contributed by atoms with E-state index in [1.165, 1.54) is 51.7 Å². The quantitative estimate of drug-likeness (QED) is 0.669. The fourth-order valence-electron chi connectivity index (χ4n) is 4.20. The highest BCUT2D eigenvalue weighted by atomic mass is 16.2. The van der Waals surface area contributed by atoms with Gasteiger partial charge in [-0.25, -0.2) is 0 Å². The Hall–Kier alpha value is -0.570. The van der Waals surface area contributed by atoms with E-state index in [2.05, 4.69) is 37.5 Å². The Balaban J connectivity index is 1.65. The molecule has 3 heteroatoms. The minimum atomic E-state index is 0.403. The molecule has 2 heterocycles. The summed E-state index contributed by atoms with van der Waals surface area (Å²) in [6, 6.07) is 0. The van der Waals surface area contributed by atoms with Gasteiger partial charge >= 0.3 is 0 Å². The molecular weight excluding hydrogens is 284 g/mol. The first-order valence-corrected chi connectivity index (χ1v) is 9.98. The molecule has 0 aromatic carbocycles. The number of likely N-dealkylation sites (tertiary alicyclic amines) is 2. The predicted octanol–water partition coefficient (Wildman–Crippen LogP) is 4.17. The molecule has 1 amide bonds. The van der Waals surface area contributed by atoms with Gasteiger partial charge in [0.05, 0.1) is 0 Å². The van der Waals surface area contributed by atoms with Gasteiger partial charge < -0.3 is 9.80 Å². The second-order valence-corrected chi connectivity index (χ2v) is 8.50. The molecule has 0 saturated carbocycles. The molecule has 0 aromatic rings. The molecule has 134 valence electrons. The Bertz CT molecular complexity index is 366. The Morgan fingerprint density at radius 1 is 1.04 bits per heavy atom. The molecule has 2 rings (SSSR count). The maximum atomic E-state index is 12.3. The number of carbonyl (C=O) groups excluding carboxylic acids is 1. The van der Waals surface area contributed by atoms with Crippen LogP contribution in [0.4, 0.5) is 0 Å². The van der Waals surface area contributed by atoms with E-state index in [9.17, 15) is 4.79 Å². The SMILES string of the molecule is CCCC(C)CCC(=O)N1CC2(CCN(CC(C)CC)CC2)C1. The first-order valence-electron chi connectivity index (χ1n) is 9.98. The smallest absolute Gasteiger partial charge is 0.222 e. The van der Waals surface area contributed by atoms with Gasteiger partial charge in [0.1, 0.15) is 0 Å². The molecule has 0 radical (unpaired) electrons. The zero-order valence-electron chi connectivity index (χ0n) is 15.9. The summed E-state index contributed by atoms with van der Waals surface area (Å²) in [6.45, 7) is 14.9. The number of hydrogen-bond acceptors (Lipinski definition) is 2. The van der Waals surface area contributed by atoms with E-state index >= 15 is 0 Å². The number of nitrogens with zero attached hydrogens (tertiary/aromatic N) is 2. The van der Waals surface area contributed by atoms with Crippen molar-refractivity contribution in [3.05, 3.63) is 0 Å². The van der Waals surface area contributed by atoms with Crippen molar-refractivity contribution >= 4 is 5.91 Å². The lowest BCUT2D eigenvalue weighted by molar-refractivity contribution is -0.147. The number of piperidine rings is 1. The maximum Gasteiger partial charge on any atom is 0.222 e. The van der Waals surface area contributed by atoms with Crippen LogP contribution in [0.3, 0.4) is 0 Å². The fraction of sp³-hybridized carbons (Fsp3) is 0.950. The van der Waals surface area contributed by atoms with Crippen molar-refractivity contribution < 1.29 is 4.79 Å². The van der Waals surface area contributed by atoms with Crippen LogP contribution in [0.15, 0.2) is 0 Å². The second-order valence-electron chi connectivity index (χ2n) is 8.50. The van der Waals surface area contributed by atoms with Crippen molar-refractivity contribution in [2.75, 3.05) is 32.7 Å². The second kappa shape index (κ2) is 8.50. The lowest BCUT2D eigenvalue weighted by Gasteiger charge is -2.54. The van der Waals surface area contributed by atoms with Crippen LogP contribution in [0.5, 0.6) is 0 Å². The molecule has 2 atom stereocenters. The van der Waals surface area contributed by atoms with Gasteiger partial charge in [-0.2, -0.15) is 0 Å². The average molecular weight is 323 g/mol. The Kier molecular flexibility index (Phi) is 6.94. The van der Waals surface area contributed by atoms with Crippen LogP contribution in [0.1, 0.15) is 72.6 Å². The van der Waals surface area contributed by atoms with E-state index in [0.717, 1.165) is 31.8 Å². The molecule has 3 nitrogen and oxygen atoms in total. The first kappa shape index (κ1) is 18.8. The van der Waals surface area contributed by atoms with Gasteiger partial charge in [-0.3, -0.25) is 4.79 Å². The van der Waals surface area contributed by atoms with Crippen LogP contribution in [0, 0.1) is 17.3 Å². The number of carbonyl (C=O) groups is 1. The number of amides is 1. The fourth-order valence-corrected chi connectivity index (χ4v) is 4.20. The van der Waals surface area contributed by atoms with E-state index in [4.69, 9.17) is 0 Å². The molecule has 23 heavy (non-hydrogen) atoms. The van der Waals surface area contributed by atoms with E-state index < -0.39 is 0 Å². The molecule has 2 fully saturated rings. The summed E-state index contributed by atoms with van der Waals surface area (Å²) in [5.74, 6) is 1.91. The maximum absolute atomic E-state index is 12.3. The normalized spacial score (nSPS) is 23.6. The van der Waals surface area contributed by atoms with Crippen molar-refractivity contribution in [3.8, 4) is 0 Å². The largest absolute Gasteiger partial charge is 0.341 e. The summed E-state index contributed by atoms with van der Waals surface area (Å²) in [6.07, 6.45) is 8.17. The molecular formula is C20H38N2O. The van der Waals surface area contributed by atoms with Crippen molar-refractivity contribution in [3.63, 3.8) is 0 Å². The van der Waals surface area contributed by atoms with Crippen molar-refractivity contribution in [1.29, 1.82) is 0 Å². The first-order chi connectivity index (χ1) is 11.0. The predicted molar refractivity (Wildman–Crippen MR) is 97.4 cm³/mol. The third kappa shape index (κ3) is 5.20. The van der Waals surface area contributed by atoms with Crippen LogP contribution in [0.2, 0.25) is 0 Å². The number of hydrogen-bond donors (Lipinski definition) is 0. The van der Waals surface area contributed by atoms with E-state index in [1.807, 2.05) is 0 Å². The van der Waals surface area contributed by atoms with Crippen LogP contribution in [0.25, 0.3) is 0 Å². The number of rotatable bonds is 8. The van der Waals surface area contributed by atoms with Crippen LogP contribution >= 0.6 is 0 Å². The van der Waals surface area contributed by atoms with Crippen LogP contribution in [-0.4, -0.2) is 48.4 Å². The topological polar surface area (TPSA) is 23.6 Å². The van der Waals surface area contributed by atoms with E-state index in [1.54, 1.807) is 0 Å². The molecule has 2 aliphatic rings. The molecule has 1 spiro atoms. The molecule has 0 N–H and O–H groups in total. The van der Waals surface area contributed by atoms with Gasteiger partial charge in [-0.1, -0.05) is 47.0 Å². The Morgan fingerprint density at radius 2 is 1.70 bits per heavy atom. The molecule has 0 aromatic heterocycles. The van der Waals surface area contributed by atoms with Gasteiger partial charge in [0, 0.05) is 31.5 Å². The standard InChI is InChI=1S/C20H38N2O/c1-5-7-18(4)8-9-19(23)22-15-20(16-22)10-12-21(13-11-20)14-17(3)6-2/h17-18H,5-16H2,1-4H3. The van der Waals surface area contributed by atoms with Crippen molar-refractivity contribution in [1.82, 2.24) is 9.80 Å². The summed E-state index contributed by atoms with van der Waals surface area (Å²) >= 11 is 0. The lowest BCUT2D eigenvalue weighted by Crippen LogP contribution is -2.62. The van der Waals surface area contributed by atoms with Crippen LogP contribution < -0.4 is 0 Å². The van der Waals surface area contributed by atoms with Gasteiger partial charge in [-0.15, -0.1) is 0 Å². The zero-order chi connectivity index (χ0) is 16.9. The van der Waals surface area contributed by atoms with Gasteiger partial charge in [-0.05, 0) is 44.2 Å². The Morgan fingerprint density at radius 3 is 2.26 bits per heavy atom. The third-order valence-corrected chi connectivity index (χ3v) is 6.22. The zero-order valence-corrected chi connectivity index (χ0v) is 15.9. The summed E-state index contributed by atoms with van der Waals surface area (Å²) in [7, 11) is 0. The van der Waals surface area contributed by atoms with Gasteiger partial charge in [0.2, 0.25) is 5.91 Å². The average Bonchev–Trinajstić information content (AvgIpc) is 2.51. The molecule has 0 bridgehead atoms. The summed E-state index contributed by atoms with van der Waals surface area (Å²) in [4.78, 5) is 17.1. The third-order valence-electron chi connectivity index (χ3n) is 6.22. The monoisotopic (exact) mass is 322 g/mol. The van der Waals surface area contributed by atoms with Gasteiger partial charge in [0.15, 0.2) is 0 Å². The highest BCUT2D eigenvalue weighted by molar-refractivity contribution is 5.77. The molecule has 2 unspecified atom stereocenters. The highest BCUT2D eigenvalue weighted by Crippen LogP contribution is 2.41. The molecule has 0 aliphatic carbocycles. The van der Waals surface area contributed by atoms with Gasteiger partial charge in [0.25, 0.3) is 0 Å².